The van der Waals surface area contributed by atoms with Crippen molar-refractivity contribution in [3.8, 4) is 5.82 Å². The van der Waals surface area contributed by atoms with Crippen LogP contribution in [0.3, 0.4) is 0 Å². The van der Waals surface area contributed by atoms with Crippen molar-refractivity contribution < 1.29 is 9.53 Å². The first kappa shape index (κ1) is 15.1. The molecule has 0 fully saturated rings. The number of carbonyl (C=O) groups excluding carboxylic acids is 1. The van der Waals surface area contributed by atoms with Crippen molar-refractivity contribution in [2.45, 2.75) is 18.9 Å². The van der Waals surface area contributed by atoms with Gasteiger partial charge in [0.1, 0.15) is 12.1 Å². The Bertz CT molecular complexity index is 553. The number of aromatic nitrogens is 3. The Morgan fingerprint density at radius 2 is 2.38 bits per heavy atom. The number of nitrogens with zero attached hydrogens (tertiary/aromatic N) is 3. The van der Waals surface area contributed by atoms with Crippen LogP contribution in [0.25, 0.3) is 5.82 Å². The summed E-state index contributed by atoms with van der Waals surface area (Å²) in [4.78, 5) is 20.1. The predicted molar refractivity (Wildman–Crippen MR) is 79.1 cm³/mol. The lowest BCUT2D eigenvalue weighted by atomic mass is 10.1. The molecule has 0 aliphatic carbocycles. The highest BCUT2D eigenvalue weighted by Crippen LogP contribution is 2.10. The second-order valence-electron chi connectivity index (χ2n) is 4.61. The molecule has 0 aliphatic rings. The first-order chi connectivity index (χ1) is 10.2. The smallest absolute Gasteiger partial charge is 0.241 e. The second kappa shape index (κ2) is 7.51. The van der Waals surface area contributed by atoms with Gasteiger partial charge in [0.05, 0.1) is 17.9 Å². The SMILES string of the molecule is COCCCC(N)C(=O)Nc1ccc(-n2ccnc2)nc1. The van der Waals surface area contributed by atoms with Gasteiger partial charge in [0.2, 0.25) is 5.91 Å². The van der Waals surface area contributed by atoms with Crippen molar-refractivity contribution in [1.82, 2.24) is 14.5 Å². The predicted octanol–water partition coefficient (Wildman–Crippen LogP) is 0.960. The number of methoxy groups -OCH3 is 1. The van der Waals surface area contributed by atoms with Crippen LogP contribution < -0.4 is 11.1 Å². The Morgan fingerprint density at radius 3 is 3.00 bits per heavy atom. The Morgan fingerprint density at radius 1 is 1.52 bits per heavy atom. The fourth-order valence-corrected chi connectivity index (χ4v) is 1.82. The molecule has 0 aromatic carbocycles. The maximum absolute atomic E-state index is 11.9. The minimum Gasteiger partial charge on any atom is -0.385 e. The van der Waals surface area contributed by atoms with E-state index >= 15 is 0 Å². The number of nitrogens with two attached hydrogens (primary N) is 1. The van der Waals surface area contributed by atoms with Crippen LogP contribution in [-0.2, 0) is 9.53 Å². The van der Waals surface area contributed by atoms with E-state index in [1.807, 2.05) is 0 Å². The molecular weight excluding hydrogens is 270 g/mol. The van der Waals surface area contributed by atoms with E-state index in [-0.39, 0.29) is 5.91 Å². The molecule has 0 radical (unpaired) electrons. The third kappa shape index (κ3) is 4.37. The van der Waals surface area contributed by atoms with E-state index < -0.39 is 6.04 Å². The lowest BCUT2D eigenvalue weighted by molar-refractivity contribution is -0.117. The number of imidazole rings is 1. The molecule has 2 rings (SSSR count). The molecule has 7 heteroatoms. The minimum atomic E-state index is -0.548. The number of hydrogen-bond donors (Lipinski definition) is 2. The number of carbonyl (C=O) groups is 1. The Balaban J connectivity index is 1.89. The normalized spacial score (nSPS) is 12.1. The van der Waals surface area contributed by atoms with E-state index in [1.165, 1.54) is 0 Å². The van der Waals surface area contributed by atoms with E-state index in [0.717, 1.165) is 12.2 Å². The van der Waals surface area contributed by atoms with E-state index in [2.05, 4.69) is 15.3 Å². The molecule has 112 valence electrons. The molecule has 7 nitrogen and oxygen atoms in total. The van der Waals surface area contributed by atoms with Gasteiger partial charge in [-0.3, -0.25) is 9.36 Å². The van der Waals surface area contributed by atoms with Crippen molar-refractivity contribution in [3.63, 3.8) is 0 Å². The zero-order valence-corrected chi connectivity index (χ0v) is 11.9. The highest BCUT2D eigenvalue weighted by atomic mass is 16.5. The van der Waals surface area contributed by atoms with Crippen molar-refractivity contribution in [1.29, 1.82) is 0 Å². The topological polar surface area (TPSA) is 95.1 Å². The molecular formula is C14H19N5O2. The molecule has 2 aromatic rings. The minimum absolute atomic E-state index is 0.219. The van der Waals surface area contributed by atoms with Crippen molar-refractivity contribution in [2.75, 3.05) is 19.0 Å². The third-order valence-electron chi connectivity index (χ3n) is 2.98. The highest BCUT2D eigenvalue weighted by Gasteiger charge is 2.13. The largest absolute Gasteiger partial charge is 0.385 e. The maximum atomic E-state index is 11.9. The number of hydrogen-bond acceptors (Lipinski definition) is 5. The first-order valence-electron chi connectivity index (χ1n) is 6.70. The van der Waals surface area contributed by atoms with Crippen LogP contribution in [0.1, 0.15) is 12.8 Å². The van der Waals surface area contributed by atoms with Crippen LogP contribution in [0.4, 0.5) is 5.69 Å². The van der Waals surface area contributed by atoms with Gasteiger partial charge in [0.15, 0.2) is 0 Å². The van der Waals surface area contributed by atoms with Gasteiger partial charge in [-0.2, -0.15) is 0 Å². The molecule has 2 aromatic heterocycles. The summed E-state index contributed by atoms with van der Waals surface area (Å²) < 4.78 is 6.71. The number of ether oxygens (including phenoxy) is 1. The van der Waals surface area contributed by atoms with Crippen LogP contribution in [0.2, 0.25) is 0 Å². The molecule has 21 heavy (non-hydrogen) atoms. The number of pyridine rings is 1. The van der Waals surface area contributed by atoms with E-state index in [1.54, 1.807) is 48.7 Å². The van der Waals surface area contributed by atoms with Crippen molar-refractivity contribution in [2.24, 2.45) is 5.73 Å². The number of anilines is 1. The van der Waals surface area contributed by atoms with Crippen LogP contribution in [0, 0.1) is 0 Å². The number of nitrogens with one attached hydrogen (secondary N) is 1. The summed E-state index contributed by atoms with van der Waals surface area (Å²) in [6.07, 6.45) is 8.06. The summed E-state index contributed by atoms with van der Waals surface area (Å²) in [7, 11) is 1.62. The molecule has 1 unspecified atom stereocenters. The first-order valence-corrected chi connectivity index (χ1v) is 6.70. The fourth-order valence-electron chi connectivity index (χ4n) is 1.82. The fraction of sp³-hybridized carbons (Fsp3) is 0.357. The van der Waals surface area contributed by atoms with Gasteiger partial charge in [-0.05, 0) is 25.0 Å². The molecule has 2 heterocycles. The van der Waals surface area contributed by atoms with Gasteiger partial charge in [-0.25, -0.2) is 9.97 Å². The number of rotatable bonds is 7. The summed E-state index contributed by atoms with van der Waals surface area (Å²) in [5.74, 6) is 0.512. The summed E-state index contributed by atoms with van der Waals surface area (Å²) in [6.45, 7) is 0.599. The Labute approximate surface area is 123 Å². The molecule has 0 saturated carbocycles. The van der Waals surface area contributed by atoms with Gasteiger partial charge in [0, 0.05) is 26.1 Å². The lowest BCUT2D eigenvalue weighted by Crippen LogP contribution is -2.35. The van der Waals surface area contributed by atoms with E-state index in [9.17, 15) is 4.79 Å². The quantitative estimate of drug-likeness (QED) is 0.740. The molecule has 1 amide bonds. The summed E-state index contributed by atoms with van der Waals surface area (Å²) in [6, 6.07) is 3.03. The molecule has 0 aliphatic heterocycles. The lowest BCUT2D eigenvalue weighted by Gasteiger charge is -2.12. The molecule has 0 saturated heterocycles. The number of amides is 1. The van der Waals surface area contributed by atoms with Crippen LogP contribution in [0.15, 0.2) is 37.1 Å². The van der Waals surface area contributed by atoms with E-state index in [0.29, 0.717) is 18.7 Å². The molecule has 1 atom stereocenters. The Kier molecular flexibility index (Phi) is 5.42. The molecule has 0 spiro atoms. The van der Waals surface area contributed by atoms with Gasteiger partial charge >= 0.3 is 0 Å². The molecule has 3 N–H and O–H groups in total. The second-order valence-corrected chi connectivity index (χ2v) is 4.61. The summed E-state index contributed by atoms with van der Waals surface area (Å²) in [5.41, 5.74) is 6.43. The standard InChI is InChI=1S/C14H19N5O2/c1-21-8-2-3-12(15)14(20)18-11-4-5-13(17-9-11)19-7-6-16-10-19/h4-7,9-10,12H,2-3,8,15H2,1H3,(H,18,20). The van der Waals surface area contributed by atoms with E-state index in [4.69, 9.17) is 10.5 Å². The average molecular weight is 289 g/mol. The summed E-state index contributed by atoms with van der Waals surface area (Å²) >= 11 is 0. The van der Waals surface area contributed by atoms with Crippen LogP contribution >= 0.6 is 0 Å². The van der Waals surface area contributed by atoms with Crippen molar-refractivity contribution in [3.05, 3.63) is 37.1 Å². The van der Waals surface area contributed by atoms with Gasteiger partial charge in [0.25, 0.3) is 0 Å². The third-order valence-corrected chi connectivity index (χ3v) is 2.98. The van der Waals surface area contributed by atoms with Gasteiger partial charge in [-0.1, -0.05) is 0 Å². The maximum Gasteiger partial charge on any atom is 0.241 e. The van der Waals surface area contributed by atoms with Crippen LogP contribution in [-0.4, -0.2) is 40.2 Å². The van der Waals surface area contributed by atoms with Gasteiger partial charge in [-0.15, -0.1) is 0 Å². The monoisotopic (exact) mass is 289 g/mol. The summed E-state index contributed by atoms with van der Waals surface area (Å²) in [5, 5.41) is 2.75. The Hall–Kier alpha value is -2.25. The highest BCUT2D eigenvalue weighted by molar-refractivity contribution is 5.94. The van der Waals surface area contributed by atoms with Crippen LogP contribution in [0.5, 0.6) is 0 Å². The van der Waals surface area contributed by atoms with Crippen molar-refractivity contribution >= 4 is 11.6 Å². The zero-order valence-electron chi connectivity index (χ0n) is 11.9. The average Bonchev–Trinajstić information content (AvgIpc) is 3.02. The molecule has 0 bridgehead atoms. The zero-order chi connectivity index (χ0) is 15.1. The van der Waals surface area contributed by atoms with Gasteiger partial charge < -0.3 is 15.8 Å².